The van der Waals surface area contributed by atoms with E-state index < -0.39 is 0 Å². The largest absolute Gasteiger partial charge is 0.508 e. The lowest BCUT2D eigenvalue weighted by Crippen LogP contribution is -2.04. The minimum atomic E-state index is -0.285. The van der Waals surface area contributed by atoms with Crippen LogP contribution < -0.4 is 0 Å². The molecule has 2 N–H and O–H groups in total. The summed E-state index contributed by atoms with van der Waals surface area (Å²) in [5.74, 6) is -0.0926. The standard InChI is InChI=1S/C12H13NO3/c1-7-9(6-12(15)16-2)10-5-8(14)3-4-11(10)13-7/h3-5,13-14H,6H2,1-2H3. The molecule has 0 spiro atoms. The van der Waals surface area contributed by atoms with E-state index >= 15 is 0 Å². The average Bonchev–Trinajstić information content (AvgIpc) is 2.55. The van der Waals surface area contributed by atoms with Crippen LogP contribution in [0.1, 0.15) is 11.3 Å². The zero-order valence-electron chi connectivity index (χ0n) is 9.20. The number of aryl methyl sites for hydroxylation is 1. The maximum atomic E-state index is 11.3. The van der Waals surface area contributed by atoms with E-state index in [4.69, 9.17) is 0 Å². The van der Waals surface area contributed by atoms with E-state index in [-0.39, 0.29) is 18.1 Å². The van der Waals surface area contributed by atoms with E-state index in [1.165, 1.54) is 7.11 Å². The predicted octanol–water partition coefficient (Wildman–Crippen LogP) is 1.90. The van der Waals surface area contributed by atoms with E-state index in [0.717, 1.165) is 22.2 Å². The molecule has 2 aromatic rings. The number of carbonyl (C=O) groups is 1. The van der Waals surface area contributed by atoms with Crippen molar-refractivity contribution in [2.75, 3.05) is 7.11 Å². The molecule has 0 radical (unpaired) electrons. The Morgan fingerprint density at radius 3 is 2.94 bits per heavy atom. The van der Waals surface area contributed by atoms with Crippen LogP contribution in [0.4, 0.5) is 0 Å². The molecule has 16 heavy (non-hydrogen) atoms. The highest BCUT2D eigenvalue weighted by Crippen LogP contribution is 2.26. The van der Waals surface area contributed by atoms with Gasteiger partial charge in [-0.2, -0.15) is 0 Å². The van der Waals surface area contributed by atoms with E-state index in [0.29, 0.717) is 0 Å². The summed E-state index contributed by atoms with van der Waals surface area (Å²) in [7, 11) is 1.37. The number of fused-ring (bicyclic) bond motifs is 1. The molecular formula is C12H13NO3. The predicted molar refractivity (Wildman–Crippen MR) is 60.4 cm³/mol. The van der Waals surface area contributed by atoms with Crippen molar-refractivity contribution in [2.45, 2.75) is 13.3 Å². The van der Waals surface area contributed by atoms with Gasteiger partial charge in [0.25, 0.3) is 0 Å². The first-order valence-electron chi connectivity index (χ1n) is 4.99. The molecule has 0 aliphatic heterocycles. The Kier molecular flexibility index (Phi) is 2.56. The van der Waals surface area contributed by atoms with Crippen LogP contribution in [0.15, 0.2) is 18.2 Å². The van der Waals surface area contributed by atoms with Gasteiger partial charge in [-0.1, -0.05) is 0 Å². The van der Waals surface area contributed by atoms with Crippen molar-refractivity contribution < 1.29 is 14.6 Å². The second-order valence-corrected chi connectivity index (χ2v) is 3.71. The number of ether oxygens (including phenoxy) is 1. The summed E-state index contributed by atoms with van der Waals surface area (Å²) in [5, 5.41) is 10.3. The third-order valence-electron chi connectivity index (χ3n) is 2.65. The van der Waals surface area contributed by atoms with Crippen molar-refractivity contribution in [1.29, 1.82) is 0 Å². The van der Waals surface area contributed by atoms with Gasteiger partial charge >= 0.3 is 5.97 Å². The number of methoxy groups -OCH3 is 1. The van der Waals surface area contributed by atoms with Crippen molar-refractivity contribution in [2.24, 2.45) is 0 Å². The average molecular weight is 219 g/mol. The van der Waals surface area contributed by atoms with Crippen LogP contribution in [-0.2, 0) is 16.0 Å². The number of H-pyrrole nitrogens is 1. The fourth-order valence-corrected chi connectivity index (χ4v) is 1.81. The van der Waals surface area contributed by atoms with Crippen LogP contribution in [0.5, 0.6) is 5.75 Å². The van der Waals surface area contributed by atoms with Gasteiger partial charge in [0.1, 0.15) is 5.75 Å². The minimum absolute atomic E-state index is 0.192. The molecule has 0 saturated carbocycles. The quantitative estimate of drug-likeness (QED) is 0.758. The van der Waals surface area contributed by atoms with Gasteiger partial charge in [0.05, 0.1) is 13.5 Å². The van der Waals surface area contributed by atoms with Crippen LogP contribution in [0, 0.1) is 6.92 Å². The second-order valence-electron chi connectivity index (χ2n) is 3.71. The van der Waals surface area contributed by atoms with E-state index in [2.05, 4.69) is 9.72 Å². The Morgan fingerprint density at radius 1 is 1.50 bits per heavy atom. The van der Waals surface area contributed by atoms with Crippen LogP contribution in [-0.4, -0.2) is 23.2 Å². The van der Waals surface area contributed by atoms with Crippen molar-refractivity contribution in [3.05, 3.63) is 29.5 Å². The van der Waals surface area contributed by atoms with Gasteiger partial charge in [0.15, 0.2) is 0 Å². The maximum Gasteiger partial charge on any atom is 0.310 e. The number of hydrogen-bond donors (Lipinski definition) is 2. The number of rotatable bonds is 2. The molecular weight excluding hydrogens is 206 g/mol. The molecule has 4 nitrogen and oxygen atoms in total. The number of phenols is 1. The number of aromatic hydroxyl groups is 1. The molecule has 1 heterocycles. The van der Waals surface area contributed by atoms with Crippen LogP contribution >= 0.6 is 0 Å². The van der Waals surface area contributed by atoms with Crippen molar-refractivity contribution in [3.8, 4) is 5.75 Å². The molecule has 0 saturated heterocycles. The molecule has 84 valence electrons. The van der Waals surface area contributed by atoms with Crippen LogP contribution in [0.3, 0.4) is 0 Å². The fraction of sp³-hybridized carbons (Fsp3) is 0.250. The lowest BCUT2D eigenvalue weighted by Gasteiger charge is -2.00. The monoisotopic (exact) mass is 219 g/mol. The molecule has 0 aliphatic carbocycles. The van der Waals surface area contributed by atoms with Crippen LogP contribution in [0.25, 0.3) is 10.9 Å². The molecule has 0 atom stereocenters. The Hall–Kier alpha value is -1.97. The molecule has 4 heteroatoms. The van der Waals surface area contributed by atoms with E-state index in [1.54, 1.807) is 18.2 Å². The fourth-order valence-electron chi connectivity index (χ4n) is 1.81. The number of hydrogen-bond acceptors (Lipinski definition) is 3. The lowest BCUT2D eigenvalue weighted by molar-refractivity contribution is -0.139. The molecule has 2 rings (SSSR count). The maximum absolute atomic E-state index is 11.3. The van der Waals surface area contributed by atoms with Gasteiger partial charge in [-0.15, -0.1) is 0 Å². The van der Waals surface area contributed by atoms with Crippen LogP contribution in [0.2, 0.25) is 0 Å². The summed E-state index contributed by atoms with van der Waals surface area (Å²) in [6, 6.07) is 5.05. The van der Waals surface area contributed by atoms with E-state index in [1.807, 2.05) is 6.92 Å². The topological polar surface area (TPSA) is 62.3 Å². The molecule has 1 aromatic carbocycles. The first kappa shape index (κ1) is 10.5. The Balaban J connectivity index is 2.54. The first-order valence-corrected chi connectivity index (χ1v) is 4.99. The molecule has 0 fully saturated rings. The normalized spacial score (nSPS) is 10.6. The van der Waals surface area contributed by atoms with Gasteiger partial charge in [-0.25, -0.2) is 0 Å². The van der Waals surface area contributed by atoms with Crippen molar-refractivity contribution in [3.63, 3.8) is 0 Å². The summed E-state index contributed by atoms with van der Waals surface area (Å²) >= 11 is 0. The summed E-state index contributed by atoms with van der Waals surface area (Å²) in [6.45, 7) is 1.90. The zero-order chi connectivity index (χ0) is 11.7. The number of carbonyl (C=O) groups excluding carboxylic acids is 1. The third-order valence-corrected chi connectivity index (χ3v) is 2.65. The SMILES string of the molecule is COC(=O)Cc1c(C)[nH]c2ccc(O)cc12. The molecule has 0 aliphatic rings. The summed E-state index contributed by atoms with van der Waals surface area (Å²) in [4.78, 5) is 14.4. The summed E-state index contributed by atoms with van der Waals surface area (Å²) in [6.07, 6.45) is 0.214. The number of nitrogens with one attached hydrogen (secondary N) is 1. The summed E-state index contributed by atoms with van der Waals surface area (Å²) in [5.41, 5.74) is 2.71. The minimum Gasteiger partial charge on any atom is -0.508 e. The molecule has 0 bridgehead atoms. The van der Waals surface area contributed by atoms with Crippen molar-refractivity contribution >= 4 is 16.9 Å². The van der Waals surface area contributed by atoms with Gasteiger partial charge in [0, 0.05) is 16.6 Å². The number of aromatic nitrogens is 1. The Bertz CT molecular complexity index is 542. The van der Waals surface area contributed by atoms with E-state index in [9.17, 15) is 9.90 Å². The first-order chi connectivity index (χ1) is 7.61. The number of esters is 1. The molecule has 0 unspecified atom stereocenters. The van der Waals surface area contributed by atoms with Gasteiger partial charge < -0.3 is 14.8 Å². The third kappa shape index (κ3) is 1.74. The lowest BCUT2D eigenvalue weighted by atomic mass is 10.1. The van der Waals surface area contributed by atoms with Gasteiger partial charge in [0.2, 0.25) is 0 Å². The van der Waals surface area contributed by atoms with Gasteiger partial charge in [-0.05, 0) is 30.7 Å². The smallest absolute Gasteiger partial charge is 0.310 e. The van der Waals surface area contributed by atoms with Crippen molar-refractivity contribution in [1.82, 2.24) is 4.98 Å². The van der Waals surface area contributed by atoms with Gasteiger partial charge in [-0.3, -0.25) is 4.79 Å². The Morgan fingerprint density at radius 2 is 2.25 bits per heavy atom. The second kappa shape index (κ2) is 3.89. The Labute approximate surface area is 92.9 Å². The zero-order valence-corrected chi connectivity index (χ0v) is 9.20. The molecule has 0 amide bonds. The summed E-state index contributed by atoms with van der Waals surface area (Å²) < 4.78 is 4.64. The number of benzene rings is 1. The molecule has 1 aromatic heterocycles. The number of phenolic OH excluding ortho intramolecular Hbond substituents is 1. The number of aromatic amines is 1. The highest BCUT2D eigenvalue weighted by molar-refractivity contribution is 5.89. The highest BCUT2D eigenvalue weighted by Gasteiger charge is 2.12. The highest BCUT2D eigenvalue weighted by atomic mass is 16.5.